The van der Waals surface area contributed by atoms with Gasteiger partial charge in [-0.1, -0.05) is 19.9 Å². The summed E-state index contributed by atoms with van der Waals surface area (Å²) in [6, 6.07) is 4.52. The third-order valence-corrected chi connectivity index (χ3v) is 3.61. The quantitative estimate of drug-likeness (QED) is 0.839. The smallest absolute Gasteiger partial charge is 0.175 e. The largest absolute Gasteiger partial charge is 0.494 e. The van der Waals surface area contributed by atoms with Crippen molar-refractivity contribution < 1.29 is 13.9 Å². The summed E-state index contributed by atoms with van der Waals surface area (Å²) in [5, 5.41) is 0. The van der Waals surface area contributed by atoms with Gasteiger partial charge in [0.15, 0.2) is 17.3 Å². The first kappa shape index (κ1) is 14.6. The van der Waals surface area contributed by atoms with Crippen molar-refractivity contribution in [2.45, 2.75) is 33.2 Å². The molecular weight excluding hydrogens is 233 g/mol. The molecule has 18 heavy (non-hydrogen) atoms. The molecule has 0 saturated heterocycles. The van der Waals surface area contributed by atoms with Crippen molar-refractivity contribution in [3.05, 3.63) is 29.6 Å². The van der Waals surface area contributed by atoms with Crippen LogP contribution in [0.5, 0.6) is 5.75 Å². The van der Waals surface area contributed by atoms with E-state index in [1.807, 2.05) is 0 Å². The number of rotatable bonds is 4. The minimum atomic E-state index is -0.875. The summed E-state index contributed by atoms with van der Waals surface area (Å²) < 4.78 is 18.9. The Kier molecular flexibility index (Phi) is 3.81. The Hall–Kier alpha value is -1.42. The van der Waals surface area contributed by atoms with Crippen LogP contribution in [0, 0.1) is 11.2 Å². The molecule has 1 aromatic rings. The fraction of sp³-hybridized carbons (Fsp3) is 0.500. The first-order valence-electron chi connectivity index (χ1n) is 5.79. The SMILES string of the molecule is COc1cccc(C(=O)C(C)(C)C(C)(C)N)c1F. The molecule has 0 radical (unpaired) electrons. The summed E-state index contributed by atoms with van der Waals surface area (Å²) in [6.45, 7) is 6.94. The average molecular weight is 253 g/mol. The lowest BCUT2D eigenvalue weighted by molar-refractivity contribution is 0.0729. The predicted molar refractivity (Wildman–Crippen MR) is 69.3 cm³/mol. The summed E-state index contributed by atoms with van der Waals surface area (Å²) in [5.74, 6) is -0.903. The van der Waals surface area contributed by atoms with Crippen molar-refractivity contribution in [1.82, 2.24) is 0 Å². The van der Waals surface area contributed by atoms with Gasteiger partial charge in [-0.2, -0.15) is 0 Å². The highest BCUT2D eigenvalue weighted by Crippen LogP contribution is 2.34. The summed E-state index contributed by atoms with van der Waals surface area (Å²) in [7, 11) is 1.37. The van der Waals surface area contributed by atoms with Crippen LogP contribution in [0.1, 0.15) is 38.1 Å². The molecule has 0 saturated carbocycles. The van der Waals surface area contributed by atoms with E-state index in [4.69, 9.17) is 10.5 Å². The molecule has 0 unspecified atom stereocenters. The standard InChI is InChI=1S/C14H20FNO2/c1-13(2,14(3,4)16)12(17)9-7-6-8-10(18-5)11(9)15/h6-8H,16H2,1-5H3. The number of benzene rings is 1. The molecule has 3 nitrogen and oxygen atoms in total. The number of methoxy groups -OCH3 is 1. The Labute approximate surface area is 107 Å². The highest BCUT2D eigenvalue weighted by atomic mass is 19.1. The van der Waals surface area contributed by atoms with Crippen LogP contribution in [0.4, 0.5) is 4.39 Å². The van der Waals surface area contributed by atoms with E-state index in [1.165, 1.54) is 19.2 Å². The number of Topliss-reactive ketones (excluding diaryl/α,β-unsaturated/α-hetero) is 1. The monoisotopic (exact) mass is 253 g/mol. The molecule has 0 spiro atoms. The van der Waals surface area contributed by atoms with E-state index in [2.05, 4.69) is 0 Å². The van der Waals surface area contributed by atoms with Gasteiger partial charge in [-0.25, -0.2) is 4.39 Å². The lowest BCUT2D eigenvalue weighted by atomic mass is 9.70. The van der Waals surface area contributed by atoms with Gasteiger partial charge in [0, 0.05) is 11.0 Å². The molecule has 0 fully saturated rings. The lowest BCUT2D eigenvalue weighted by Crippen LogP contribution is -2.52. The van der Waals surface area contributed by atoms with Crippen molar-refractivity contribution in [3.63, 3.8) is 0 Å². The molecule has 1 aromatic carbocycles. The van der Waals surface area contributed by atoms with Crippen molar-refractivity contribution in [1.29, 1.82) is 0 Å². The zero-order chi connectivity index (χ0) is 14.1. The van der Waals surface area contributed by atoms with Gasteiger partial charge in [0.1, 0.15) is 0 Å². The molecule has 0 aliphatic heterocycles. The van der Waals surface area contributed by atoms with Crippen LogP contribution < -0.4 is 10.5 Å². The van der Waals surface area contributed by atoms with E-state index < -0.39 is 16.8 Å². The van der Waals surface area contributed by atoms with Gasteiger partial charge < -0.3 is 10.5 Å². The van der Waals surface area contributed by atoms with Gasteiger partial charge in [0.2, 0.25) is 0 Å². The first-order chi connectivity index (χ1) is 8.13. The van der Waals surface area contributed by atoms with Crippen molar-refractivity contribution >= 4 is 5.78 Å². The molecule has 0 aliphatic rings. The highest BCUT2D eigenvalue weighted by molar-refractivity contribution is 6.01. The topological polar surface area (TPSA) is 52.3 Å². The zero-order valence-corrected chi connectivity index (χ0v) is 11.5. The maximum atomic E-state index is 14.1. The molecule has 0 aromatic heterocycles. The lowest BCUT2D eigenvalue weighted by Gasteiger charge is -2.37. The van der Waals surface area contributed by atoms with Gasteiger partial charge in [-0.05, 0) is 26.0 Å². The fourth-order valence-electron chi connectivity index (χ4n) is 1.47. The normalized spacial score (nSPS) is 12.4. The van der Waals surface area contributed by atoms with Gasteiger partial charge in [-0.3, -0.25) is 4.79 Å². The van der Waals surface area contributed by atoms with Crippen LogP contribution in [-0.2, 0) is 0 Å². The minimum Gasteiger partial charge on any atom is -0.494 e. The van der Waals surface area contributed by atoms with Gasteiger partial charge in [0.05, 0.1) is 12.7 Å². The minimum absolute atomic E-state index is 0.0119. The summed E-state index contributed by atoms with van der Waals surface area (Å²) >= 11 is 0. The van der Waals surface area contributed by atoms with Crippen LogP contribution >= 0.6 is 0 Å². The second-order valence-electron chi connectivity index (χ2n) is 5.50. The third kappa shape index (κ3) is 2.38. The second kappa shape index (κ2) is 4.69. The molecule has 0 aliphatic carbocycles. The average Bonchev–Trinajstić information content (AvgIpc) is 2.27. The van der Waals surface area contributed by atoms with Crippen LogP contribution in [-0.4, -0.2) is 18.4 Å². The molecule has 0 bridgehead atoms. The summed E-state index contributed by atoms with van der Waals surface area (Å²) in [4.78, 5) is 12.4. The fourth-order valence-corrected chi connectivity index (χ4v) is 1.47. The highest BCUT2D eigenvalue weighted by Gasteiger charge is 2.41. The number of carbonyl (C=O) groups is 1. The Morgan fingerprint density at radius 3 is 2.28 bits per heavy atom. The van der Waals surface area contributed by atoms with Crippen LogP contribution in [0.2, 0.25) is 0 Å². The molecule has 0 amide bonds. The van der Waals surface area contributed by atoms with Crippen LogP contribution in [0.3, 0.4) is 0 Å². The van der Waals surface area contributed by atoms with Gasteiger partial charge in [-0.15, -0.1) is 0 Å². The number of hydrogen-bond acceptors (Lipinski definition) is 3. The van der Waals surface area contributed by atoms with Gasteiger partial charge in [0.25, 0.3) is 0 Å². The number of hydrogen-bond donors (Lipinski definition) is 1. The Bertz CT molecular complexity index is 461. The van der Waals surface area contributed by atoms with E-state index in [0.717, 1.165) is 0 Å². The number of ether oxygens (including phenoxy) is 1. The molecule has 0 heterocycles. The number of nitrogens with two attached hydrogens (primary N) is 1. The van der Waals surface area contributed by atoms with E-state index in [1.54, 1.807) is 33.8 Å². The Balaban J connectivity index is 3.28. The van der Waals surface area contributed by atoms with Crippen molar-refractivity contribution in [2.75, 3.05) is 7.11 Å². The van der Waals surface area contributed by atoms with Crippen LogP contribution in [0.25, 0.3) is 0 Å². The predicted octanol–water partition coefficient (Wildman–Crippen LogP) is 2.78. The summed E-state index contributed by atoms with van der Waals surface area (Å²) in [6.07, 6.45) is 0. The van der Waals surface area contributed by atoms with Crippen molar-refractivity contribution in [2.24, 2.45) is 11.1 Å². The third-order valence-electron chi connectivity index (χ3n) is 3.61. The molecule has 100 valence electrons. The molecule has 4 heteroatoms. The number of halogens is 1. The Morgan fingerprint density at radius 1 is 1.28 bits per heavy atom. The zero-order valence-electron chi connectivity index (χ0n) is 11.5. The van der Waals surface area contributed by atoms with Crippen LogP contribution in [0.15, 0.2) is 18.2 Å². The van der Waals surface area contributed by atoms with E-state index in [0.29, 0.717) is 0 Å². The molecule has 1 rings (SSSR count). The second-order valence-corrected chi connectivity index (χ2v) is 5.50. The van der Waals surface area contributed by atoms with E-state index in [9.17, 15) is 9.18 Å². The number of carbonyl (C=O) groups excluding carboxylic acids is 1. The van der Waals surface area contributed by atoms with Crippen molar-refractivity contribution in [3.8, 4) is 5.75 Å². The molecular formula is C14H20FNO2. The Morgan fingerprint density at radius 2 is 1.83 bits per heavy atom. The summed E-state index contributed by atoms with van der Waals surface area (Å²) in [5.41, 5.74) is 4.38. The van der Waals surface area contributed by atoms with Gasteiger partial charge >= 0.3 is 0 Å². The molecule has 0 atom stereocenters. The first-order valence-corrected chi connectivity index (χ1v) is 5.79. The molecule has 2 N–H and O–H groups in total. The number of ketones is 1. The maximum Gasteiger partial charge on any atom is 0.175 e. The van der Waals surface area contributed by atoms with E-state index in [-0.39, 0.29) is 17.1 Å². The van der Waals surface area contributed by atoms with E-state index >= 15 is 0 Å². The maximum absolute atomic E-state index is 14.1.